The van der Waals surface area contributed by atoms with Crippen molar-refractivity contribution < 1.29 is 21.6 Å². The summed E-state index contributed by atoms with van der Waals surface area (Å²) in [5.41, 5.74) is 0. The van der Waals surface area contributed by atoms with Gasteiger partial charge < -0.3 is 0 Å². The van der Waals surface area contributed by atoms with Crippen LogP contribution in [0.15, 0.2) is 0 Å². The fraction of sp³-hybridized carbons (Fsp3) is 1.00. The lowest BCUT2D eigenvalue weighted by Gasteiger charge is -2.43. The molecule has 1 fully saturated rings. The van der Waals surface area contributed by atoms with E-state index in [-0.39, 0.29) is 19.1 Å². The van der Waals surface area contributed by atoms with Gasteiger partial charge in [-0.3, -0.25) is 4.90 Å². The van der Waals surface area contributed by atoms with Crippen LogP contribution in [0, 0.1) is 0 Å². The molecule has 4 nitrogen and oxygen atoms in total. The number of halogens is 3. The normalized spacial score (nSPS) is 25.5. The van der Waals surface area contributed by atoms with Crippen LogP contribution in [0.1, 0.15) is 13.8 Å². The summed E-state index contributed by atoms with van der Waals surface area (Å²) in [7, 11) is -3.56. The van der Waals surface area contributed by atoms with Crippen LogP contribution in [-0.4, -0.2) is 61.8 Å². The van der Waals surface area contributed by atoms with Crippen LogP contribution in [0.2, 0.25) is 0 Å². The Kier molecular flexibility index (Phi) is 4.10. The number of hydrogen-bond donors (Lipinski definition) is 0. The minimum Gasteiger partial charge on any atom is -0.287 e. The van der Waals surface area contributed by atoms with E-state index in [1.165, 1.54) is 4.90 Å². The smallest absolute Gasteiger partial charge is 0.287 e. The monoisotopic (exact) mass is 274 g/mol. The van der Waals surface area contributed by atoms with Gasteiger partial charge in [-0.15, -0.1) is 0 Å². The summed E-state index contributed by atoms with van der Waals surface area (Å²) in [6.07, 6.45) is -3.47. The highest BCUT2D eigenvalue weighted by Crippen LogP contribution is 2.29. The molecule has 1 atom stereocenters. The fourth-order valence-corrected chi connectivity index (χ4v) is 2.81. The second-order valence-electron chi connectivity index (χ2n) is 4.51. The molecule has 1 aliphatic rings. The zero-order valence-corrected chi connectivity index (χ0v) is 10.8. The van der Waals surface area contributed by atoms with Crippen molar-refractivity contribution in [1.29, 1.82) is 0 Å². The standard InChI is InChI=1S/C9H17F3N2O2S/c1-7(2)14-5-4-13(17(3,15)16)6-8(14)9(10,11)12/h7-8H,4-6H2,1-3H3. The number of alkyl halides is 3. The summed E-state index contributed by atoms with van der Waals surface area (Å²) in [6.45, 7) is 3.06. The van der Waals surface area contributed by atoms with Gasteiger partial charge in [0, 0.05) is 25.7 Å². The maximum absolute atomic E-state index is 12.9. The van der Waals surface area contributed by atoms with Gasteiger partial charge >= 0.3 is 6.18 Å². The van der Waals surface area contributed by atoms with Crippen molar-refractivity contribution in [2.45, 2.75) is 32.1 Å². The van der Waals surface area contributed by atoms with Gasteiger partial charge in [0.1, 0.15) is 6.04 Å². The molecule has 0 aromatic heterocycles. The number of rotatable bonds is 2. The Labute approximate surface area is 99.4 Å². The third kappa shape index (κ3) is 3.56. The Morgan fingerprint density at radius 3 is 2.12 bits per heavy atom. The van der Waals surface area contributed by atoms with Gasteiger partial charge in [-0.2, -0.15) is 17.5 Å². The van der Waals surface area contributed by atoms with E-state index in [1.807, 2.05) is 0 Å². The molecular weight excluding hydrogens is 257 g/mol. The molecule has 8 heteroatoms. The Balaban J connectivity index is 2.93. The maximum Gasteiger partial charge on any atom is 0.405 e. The Bertz CT molecular complexity index is 367. The summed E-state index contributed by atoms with van der Waals surface area (Å²) < 4.78 is 62.0. The van der Waals surface area contributed by atoms with E-state index >= 15 is 0 Å². The molecule has 102 valence electrons. The van der Waals surface area contributed by atoms with Gasteiger partial charge in [-0.1, -0.05) is 0 Å². The maximum atomic E-state index is 12.9. The number of hydrogen-bond acceptors (Lipinski definition) is 3. The summed E-state index contributed by atoms with van der Waals surface area (Å²) in [5.74, 6) is 0. The van der Waals surface area contributed by atoms with Crippen LogP contribution in [0.4, 0.5) is 13.2 Å². The summed E-state index contributed by atoms with van der Waals surface area (Å²) in [5, 5.41) is 0. The van der Waals surface area contributed by atoms with Crippen molar-refractivity contribution in [3.8, 4) is 0 Å². The van der Waals surface area contributed by atoms with Crippen molar-refractivity contribution in [2.24, 2.45) is 0 Å². The molecular formula is C9H17F3N2O2S. The lowest BCUT2D eigenvalue weighted by molar-refractivity contribution is -0.197. The van der Waals surface area contributed by atoms with Gasteiger partial charge in [0.25, 0.3) is 0 Å². The highest BCUT2D eigenvalue weighted by Gasteiger charge is 2.48. The van der Waals surface area contributed by atoms with Gasteiger partial charge in [-0.25, -0.2) is 8.42 Å². The summed E-state index contributed by atoms with van der Waals surface area (Å²) in [4.78, 5) is 1.29. The first-order valence-corrected chi connectivity index (χ1v) is 7.16. The van der Waals surface area contributed by atoms with Crippen LogP contribution in [0.25, 0.3) is 0 Å². The van der Waals surface area contributed by atoms with Crippen molar-refractivity contribution in [3.05, 3.63) is 0 Å². The molecule has 0 aromatic carbocycles. The Morgan fingerprint density at radius 2 is 1.76 bits per heavy atom. The molecule has 1 rings (SSSR count). The van der Waals surface area contributed by atoms with Crippen molar-refractivity contribution in [1.82, 2.24) is 9.21 Å². The van der Waals surface area contributed by atoms with E-state index in [9.17, 15) is 21.6 Å². The topological polar surface area (TPSA) is 40.6 Å². The van der Waals surface area contributed by atoms with Gasteiger partial charge in [0.2, 0.25) is 10.0 Å². The van der Waals surface area contributed by atoms with E-state index in [2.05, 4.69) is 0 Å². The van der Waals surface area contributed by atoms with Gasteiger partial charge in [0.15, 0.2) is 0 Å². The number of sulfonamides is 1. The van der Waals surface area contributed by atoms with E-state index in [0.29, 0.717) is 0 Å². The lowest BCUT2D eigenvalue weighted by atomic mass is 10.1. The minimum absolute atomic E-state index is 0.106. The summed E-state index contributed by atoms with van der Waals surface area (Å²) >= 11 is 0. The van der Waals surface area contributed by atoms with Crippen LogP contribution >= 0.6 is 0 Å². The van der Waals surface area contributed by atoms with E-state index < -0.39 is 28.8 Å². The Morgan fingerprint density at radius 1 is 1.24 bits per heavy atom. The van der Waals surface area contributed by atoms with E-state index in [1.54, 1.807) is 13.8 Å². The zero-order valence-electron chi connectivity index (χ0n) is 10.0. The molecule has 17 heavy (non-hydrogen) atoms. The molecule has 1 aliphatic heterocycles. The first kappa shape index (κ1) is 14.7. The van der Waals surface area contributed by atoms with Crippen molar-refractivity contribution in [3.63, 3.8) is 0 Å². The minimum atomic E-state index is -4.41. The second kappa shape index (κ2) is 4.74. The Hall–Kier alpha value is -0.340. The first-order chi connectivity index (χ1) is 7.53. The quantitative estimate of drug-likeness (QED) is 0.751. The molecule has 1 heterocycles. The molecule has 0 bridgehead atoms. The first-order valence-electron chi connectivity index (χ1n) is 5.31. The number of piperazine rings is 1. The fourth-order valence-electron chi connectivity index (χ4n) is 1.98. The SMILES string of the molecule is CC(C)N1CCN(S(C)(=O)=O)CC1C(F)(F)F. The predicted molar refractivity (Wildman–Crippen MR) is 58.1 cm³/mol. The van der Waals surface area contributed by atoms with Crippen LogP contribution < -0.4 is 0 Å². The van der Waals surface area contributed by atoms with E-state index in [0.717, 1.165) is 10.6 Å². The third-order valence-electron chi connectivity index (χ3n) is 2.89. The highest BCUT2D eigenvalue weighted by atomic mass is 32.2. The molecule has 1 saturated heterocycles. The van der Waals surface area contributed by atoms with Crippen LogP contribution in [0.5, 0.6) is 0 Å². The zero-order chi connectivity index (χ0) is 13.4. The van der Waals surface area contributed by atoms with Crippen molar-refractivity contribution >= 4 is 10.0 Å². The third-order valence-corrected chi connectivity index (χ3v) is 4.16. The molecule has 0 spiro atoms. The van der Waals surface area contributed by atoms with E-state index in [4.69, 9.17) is 0 Å². The molecule has 1 unspecified atom stereocenters. The summed E-state index contributed by atoms with van der Waals surface area (Å²) in [6, 6.07) is -1.98. The highest BCUT2D eigenvalue weighted by molar-refractivity contribution is 7.88. The molecule has 0 aromatic rings. The van der Waals surface area contributed by atoms with Gasteiger partial charge in [-0.05, 0) is 13.8 Å². The lowest BCUT2D eigenvalue weighted by Crippen LogP contribution is -2.61. The average Bonchev–Trinajstić information content (AvgIpc) is 2.14. The number of nitrogens with zero attached hydrogens (tertiary/aromatic N) is 2. The molecule has 0 radical (unpaired) electrons. The molecule has 0 saturated carbocycles. The van der Waals surface area contributed by atoms with Crippen LogP contribution in [0.3, 0.4) is 0 Å². The molecule has 0 aliphatic carbocycles. The molecule has 0 amide bonds. The van der Waals surface area contributed by atoms with Crippen LogP contribution in [-0.2, 0) is 10.0 Å². The van der Waals surface area contributed by atoms with Crippen molar-refractivity contribution in [2.75, 3.05) is 25.9 Å². The average molecular weight is 274 g/mol. The predicted octanol–water partition coefficient (Wildman–Crippen LogP) is 0.903. The second-order valence-corrected chi connectivity index (χ2v) is 6.49. The largest absolute Gasteiger partial charge is 0.405 e. The van der Waals surface area contributed by atoms with Gasteiger partial charge in [0.05, 0.1) is 6.26 Å². The molecule has 0 N–H and O–H groups in total.